The molecule has 2 heterocycles. The predicted molar refractivity (Wildman–Crippen MR) is 96.9 cm³/mol. The van der Waals surface area contributed by atoms with E-state index in [2.05, 4.69) is 16.4 Å². The molecule has 2 aliphatic rings. The molecule has 0 spiro atoms. The number of amides is 2. The summed E-state index contributed by atoms with van der Waals surface area (Å²) in [6.07, 6.45) is 8.81. The first kappa shape index (κ1) is 16.2. The van der Waals surface area contributed by atoms with Gasteiger partial charge in [0.25, 0.3) is 0 Å². The average molecular weight is 339 g/mol. The molecule has 25 heavy (non-hydrogen) atoms. The molecule has 4 rings (SSSR count). The lowest BCUT2D eigenvalue weighted by Crippen LogP contribution is -2.48. The van der Waals surface area contributed by atoms with Gasteiger partial charge >= 0.3 is 0 Å². The van der Waals surface area contributed by atoms with Crippen LogP contribution in [0.15, 0.2) is 30.5 Å². The highest BCUT2D eigenvalue weighted by molar-refractivity contribution is 5.91. The Labute approximate surface area is 147 Å². The highest BCUT2D eigenvalue weighted by Gasteiger charge is 2.37. The van der Waals surface area contributed by atoms with Crippen molar-refractivity contribution >= 4 is 22.7 Å². The summed E-state index contributed by atoms with van der Waals surface area (Å²) in [4.78, 5) is 30.1. The minimum Gasteiger partial charge on any atom is -0.361 e. The number of carbonyl (C=O) groups excluding carboxylic acids is 2. The second kappa shape index (κ2) is 6.90. The van der Waals surface area contributed by atoms with Crippen LogP contribution in [0.25, 0.3) is 10.9 Å². The van der Waals surface area contributed by atoms with Crippen LogP contribution in [0, 0.1) is 0 Å². The molecule has 1 atom stereocenters. The van der Waals surface area contributed by atoms with Crippen molar-refractivity contribution in [2.75, 3.05) is 0 Å². The van der Waals surface area contributed by atoms with Crippen molar-refractivity contribution in [3.63, 3.8) is 0 Å². The summed E-state index contributed by atoms with van der Waals surface area (Å²) in [5, 5.41) is 4.31. The molecule has 132 valence electrons. The van der Waals surface area contributed by atoms with Crippen LogP contribution in [0.3, 0.4) is 0 Å². The fourth-order valence-corrected chi connectivity index (χ4v) is 4.19. The number of aromatic nitrogens is 1. The number of aromatic amines is 1. The van der Waals surface area contributed by atoms with Crippen molar-refractivity contribution in [3.8, 4) is 0 Å². The van der Waals surface area contributed by atoms with E-state index in [1.807, 2.05) is 24.4 Å². The van der Waals surface area contributed by atoms with Crippen molar-refractivity contribution in [3.05, 3.63) is 36.0 Å². The smallest absolute Gasteiger partial charge is 0.243 e. The third-order valence-electron chi connectivity index (χ3n) is 5.60. The Bertz CT molecular complexity index is 776. The van der Waals surface area contributed by atoms with Gasteiger partial charge in [-0.2, -0.15) is 0 Å². The lowest BCUT2D eigenvalue weighted by atomic mass is 9.95. The topological polar surface area (TPSA) is 65.2 Å². The lowest BCUT2D eigenvalue weighted by molar-refractivity contribution is -0.136. The number of nitrogens with zero attached hydrogens (tertiary/aromatic N) is 1. The molecule has 5 heteroatoms. The zero-order chi connectivity index (χ0) is 17.2. The molecule has 1 aromatic heterocycles. The van der Waals surface area contributed by atoms with Gasteiger partial charge in [-0.1, -0.05) is 37.5 Å². The maximum Gasteiger partial charge on any atom is 0.243 e. The van der Waals surface area contributed by atoms with Crippen LogP contribution < -0.4 is 5.32 Å². The van der Waals surface area contributed by atoms with Crippen LogP contribution in [0.2, 0.25) is 0 Å². The zero-order valence-electron chi connectivity index (χ0n) is 14.5. The molecule has 1 aromatic carbocycles. The van der Waals surface area contributed by atoms with Crippen LogP contribution in [0.1, 0.15) is 50.5 Å². The van der Waals surface area contributed by atoms with Gasteiger partial charge in [-0.25, -0.2) is 0 Å². The van der Waals surface area contributed by atoms with Gasteiger partial charge in [0.2, 0.25) is 11.8 Å². The Morgan fingerprint density at radius 3 is 2.80 bits per heavy atom. The molecule has 2 fully saturated rings. The Morgan fingerprint density at radius 2 is 1.96 bits per heavy atom. The molecule has 0 radical (unpaired) electrons. The summed E-state index contributed by atoms with van der Waals surface area (Å²) < 4.78 is 0. The minimum absolute atomic E-state index is 0.0255. The largest absolute Gasteiger partial charge is 0.361 e. The van der Waals surface area contributed by atoms with E-state index >= 15 is 0 Å². The predicted octanol–water partition coefficient (Wildman–Crippen LogP) is 3.11. The van der Waals surface area contributed by atoms with Crippen molar-refractivity contribution < 1.29 is 9.59 Å². The first-order chi connectivity index (χ1) is 12.2. The van der Waals surface area contributed by atoms with Gasteiger partial charge in [-0.15, -0.1) is 0 Å². The van der Waals surface area contributed by atoms with E-state index in [0.29, 0.717) is 19.4 Å². The van der Waals surface area contributed by atoms with E-state index in [1.165, 1.54) is 19.3 Å². The summed E-state index contributed by atoms with van der Waals surface area (Å²) in [6.45, 7) is 0.492. The number of H-pyrrole nitrogens is 1. The van der Waals surface area contributed by atoms with Crippen LogP contribution in [-0.2, 0) is 16.1 Å². The quantitative estimate of drug-likeness (QED) is 0.899. The summed E-state index contributed by atoms with van der Waals surface area (Å²) in [6, 6.07) is 8.02. The zero-order valence-corrected chi connectivity index (χ0v) is 14.5. The van der Waals surface area contributed by atoms with Crippen LogP contribution in [0.5, 0.6) is 0 Å². The van der Waals surface area contributed by atoms with Gasteiger partial charge in [0.1, 0.15) is 6.04 Å². The van der Waals surface area contributed by atoms with Gasteiger partial charge in [-0.05, 0) is 30.9 Å². The molecule has 1 aliphatic heterocycles. The third kappa shape index (κ3) is 3.28. The van der Waals surface area contributed by atoms with Gasteiger partial charge < -0.3 is 15.2 Å². The Morgan fingerprint density at radius 1 is 1.16 bits per heavy atom. The summed E-state index contributed by atoms with van der Waals surface area (Å²) in [5.74, 6) is 0.103. The van der Waals surface area contributed by atoms with E-state index in [4.69, 9.17) is 0 Å². The van der Waals surface area contributed by atoms with Crippen LogP contribution in [-0.4, -0.2) is 33.8 Å². The molecule has 1 aliphatic carbocycles. The highest BCUT2D eigenvalue weighted by Crippen LogP contribution is 2.26. The summed E-state index contributed by atoms with van der Waals surface area (Å²) >= 11 is 0. The first-order valence-electron chi connectivity index (χ1n) is 9.37. The monoisotopic (exact) mass is 339 g/mol. The molecular formula is C20H25N3O2. The molecule has 2 N–H and O–H groups in total. The third-order valence-corrected chi connectivity index (χ3v) is 5.60. The molecule has 1 unspecified atom stereocenters. The van der Waals surface area contributed by atoms with E-state index in [1.54, 1.807) is 4.90 Å². The SMILES string of the molecule is O=C(NC1CCCCC1)C1CCC(=O)N1Cc1c[nH]c2ccccc12. The summed E-state index contributed by atoms with van der Waals surface area (Å²) in [5.41, 5.74) is 2.13. The number of fused-ring (bicyclic) bond motifs is 1. The number of nitrogens with one attached hydrogen (secondary N) is 2. The molecule has 1 saturated carbocycles. The number of carbonyl (C=O) groups is 2. The number of hydrogen-bond donors (Lipinski definition) is 2. The van der Waals surface area contributed by atoms with Crippen LogP contribution >= 0.6 is 0 Å². The number of hydrogen-bond acceptors (Lipinski definition) is 2. The van der Waals surface area contributed by atoms with Gasteiger partial charge in [0.05, 0.1) is 0 Å². The molecule has 2 aromatic rings. The number of benzene rings is 1. The minimum atomic E-state index is -0.330. The molecule has 0 bridgehead atoms. The summed E-state index contributed by atoms with van der Waals surface area (Å²) in [7, 11) is 0. The second-order valence-electron chi connectivity index (χ2n) is 7.28. The van der Waals surface area contributed by atoms with Crippen molar-refractivity contribution in [1.82, 2.24) is 15.2 Å². The molecule has 2 amide bonds. The maximum absolute atomic E-state index is 12.7. The number of para-hydroxylation sites is 1. The fourth-order valence-electron chi connectivity index (χ4n) is 4.19. The number of rotatable bonds is 4. The van der Waals surface area contributed by atoms with Crippen molar-refractivity contribution in [1.29, 1.82) is 0 Å². The van der Waals surface area contributed by atoms with E-state index in [-0.39, 0.29) is 23.9 Å². The van der Waals surface area contributed by atoms with Gasteiger partial charge in [-0.3, -0.25) is 9.59 Å². The maximum atomic E-state index is 12.7. The Balaban J connectivity index is 1.48. The standard InChI is InChI=1S/C20H25N3O2/c24-19-11-10-18(20(25)22-15-6-2-1-3-7-15)23(19)13-14-12-21-17-9-5-4-8-16(14)17/h4-5,8-9,12,15,18,21H,1-3,6-7,10-11,13H2,(H,22,25). The number of likely N-dealkylation sites (tertiary alicyclic amines) is 1. The van der Waals surface area contributed by atoms with Crippen molar-refractivity contribution in [2.24, 2.45) is 0 Å². The first-order valence-corrected chi connectivity index (χ1v) is 9.37. The van der Waals surface area contributed by atoms with Gasteiger partial charge in [0.15, 0.2) is 0 Å². The second-order valence-corrected chi connectivity index (χ2v) is 7.28. The average Bonchev–Trinajstić information content (AvgIpc) is 3.21. The lowest BCUT2D eigenvalue weighted by Gasteiger charge is -2.28. The fraction of sp³-hybridized carbons (Fsp3) is 0.500. The Hall–Kier alpha value is -2.30. The highest BCUT2D eigenvalue weighted by atomic mass is 16.2. The van der Waals surface area contributed by atoms with E-state index in [0.717, 1.165) is 29.3 Å². The Kier molecular flexibility index (Phi) is 4.47. The van der Waals surface area contributed by atoms with Gasteiger partial charge in [0, 0.05) is 36.1 Å². The van der Waals surface area contributed by atoms with Crippen molar-refractivity contribution in [2.45, 2.75) is 63.6 Å². The normalized spacial score (nSPS) is 21.8. The van der Waals surface area contributed by atoms with Crippen LogP contribution in [0.4, 0.5) is 0 Å². The molecule has 1 saturated heterocycles. The molecule has 5 nitrogen and oxygen atoms in total. The molecular weight excluding hydrogens is 314 g/mol. The van der Waals surface area contributed by atoms with E-state index < -0.39 is 0 Å². The van der Waals surface area contributed by atoms with E-state index in [9.17, 15) is 9.59 Å².